The summed E-state index contributed by atoms with van der Waals surface area (Å²) in [5, 5.41) is 0. The molecule has 0 fully saturated rings. The Balaban J connectivity index is 1.86. The van der Waals surface area contributed by atoms with E-state index < -0.39 is 21.7 Å². The van der Waals surface area contributed by atoms with E-state index in [4.69, 9.17) is 4.74 Å². The summed E-state index contributed by atoms with van der Waals surface area (Å²) in [6.07, 6.45) is 0.253. The van der Waals surface area contributed by atoms with Crippen LogP contribution in [-0.4, -0.2) is 31.6 Å². The molecule has 0 atom stereocenters. The van der Waals surface area contributed by atoms with Gasteiger partial charge in [-0.05, 0) is 63.4 Å². The van der Waals surface area contributed by atoms with Gasteiger partial charge < -0.3 is 9.64 Å². The van der Waals surface area contributed by atoms with Crippen LogP contribution >= 0.6 is 0 Å². The van der Waals surface area contributed by atoms with Crippen LogP contribution in [0.25, 0.3) is 0 Å². The van der Waals surface area contributed by atoms with Crippen LogP contribution < -0.4 is 4.72 Å². The van der Waals surface area contributed by atoms with E-state index in [1.54, 1.807) is 35.2 Å². The van der Waals surface area contributed by atoms with Crippen LogP contribution in [0.15, 0.2) is 47.4 Å². The molecule has 7 heteroatoms. The van der Waals surface area contributed by atoms with Crippen LogP contribution in [0.3, 0.4) is 0 Å². The third kappa shape index (κ3) is 4.65. The molecule has 2 aromatic carbocycles. The first kappa shape index (κ1) is 20.2. The molecule has 0 saturated heterocycles. The lowest BCUT2D eigenvalue weighted by Crippen LogP contribution is -2.40. The van der Waals surface area contributed by atoms with Gasteiger partial charge >= 0.3 is 6.09 Å². The Kier molecular flexibility index (Phi) is 5.39. The summed E-state index contributed by atoms with van der Waals surface area (Å²) in [6.45, 7) is 8.22. The van der Waals surface area contributed by atoms with Crippen LogP contribution in [-0.2, 0) is 27.7 Å². The first-order valence-corrected chi connectivity index (χ1v) is 10.7. The summed E-state index contributed by atoms with van der Waals surface area (Å²) in [5.41, 5.74) is 2.73. The van der Waals surface area contributed by atoms with Crippen molar-refractivity contribution in [1.82, 2.24) is 4.90 Å². The fraction of sp³-hybridized carbons (Fsp3) is 0.381. The van der Waals surface area contributed by atoms with Crippen molar-refractivity contribution in [2.45, 2.75) is 51.2 Å². The van der Waals surface area contributed by atoms with Crippen LogP contribution in [0.2, 0.25) is 0 Å². The Morgan fingerprint density at radius 3 is 2.43 bits per heavy atom. The molecule has 0 aromatic heterocycles. The highest BCUT2D eigenvalue weighted by molar-refractivity contribution is 7.92. The number of aryl methyl sites for hydroxylation is 1. The summed E-state index contributed by atoms with van der Waals surface area (Å²) >= 11 is 0. The highest BCUT2D eigenvalue weighted by Crippen LogP contribution is 2.29. The topological polar surface area (TPSA) is 75.7 Å². The Bertz CT molecular complexity index is 976. The maximum absolute atomic E-state index is 12.8. The molecule has 1 aliphatic rings. The fourth-order valence-electron chi connectivity index (χ4n) is 3.08. The number of fused-ring (bicyclic) bond motifs is 1. The van der Waals surface area contributed by atoms with Crippen LogP contribution in [0, 0.1) is 6.92 Å². The molecule has 2 aromatic rings. The van der Waals surface area contributed by atoms with Crippen molar-refractivity contribution in [3.63, 3.8) is 0 Å². The van der Waals surface area contributed by atoms with Gasteiger partial charge in [0.2, 0.25) is 0 Å². The van der Waals surface area contributed by atoms with Gasteiger partial charge in [0, 0.05) is 6.54 Å². The third-order valence-corrected chi connectivity index (χ3v) is 5.88. The predicted octanol–water partition coefficient (Wildman–Crippen LogP) is 4.09. The van der Waals surface area contributed by atoms with Crippen LogP contribution in [0.1, 0.15) is 37.5 Å². The van der Waals surface area contributed by atoms with Crippen molar-refractivity contribution in [2.24, 2.45) is 0 Å². The van der Waals surface area contributed by atoms with Gasteiger partial charge in [-0.3, -0.25) is 4.72 Å². The summed E-state index contributed by atoms with van der Waals surface area (Å²) < 4.78 is 33.7. The second-order valence-electron chi connectivity index (χ2n) is 8.01. The van der Waals surface area contributed by atoms with Gasteiger partial charge in [-0.25, -0.2) is 13.2 Å². The highest BCUT2D eigenvalue weighted by Gasteiger charge is 2.28. The van der Waals surface area contributed by atoms with Crippen molar-refractivity contribution in [1.29, 1.82) is 0 Å². The lowest BCUT2D eigenvalue weighted by Gasteiger charge is -2.32. The molecule has 28 heavy (non-hydrogen) atoms. The lowest BCUT2D eigenvalue weighted by atomic mass is 9.98. The summed E-state index contributed by atoms with van der Waals surface area (Å²) in [6, 6.07) is 12.2. The number of anilines is 1. The number of nitrogens with zero attached hydrogens (tertiary/aromatic N) is 1. The van der Waals surface area contributed by atoms with Gasteiger partial charge in [-0.2, -0.15) is 0 Å². The number of hydrogen-bond donors (Lipinski definition) is 1. The smallest absolute Gasteiger partial charge is 0.410 e. The van der Waals surface area contributed by atoms with E-state index in [9.17, 15) is 13.2 Å². The van der Waals surface area contributed by atoms with E-state index in [1.807, 2.05) is 39.8 Å². The molecule has 1 aliphatic heterocycles. The average Bonchev–Trinajstić information content (AvgIpc) is 2.60. The molecule has 0 unspecified atom stereocenters. The minimum absolute atomic E-state index is 0.204. The zero-order valence-electron chi connectivity index (χ0n) is 16.7. The standard InChI is InChI=1S/C21H26N2O4S/c1-15-8-10-17(11-9-15)28(25,26)22-19-7-5-6-16-12-13-23(14-18(16)19)20(24)27-21(2,3)4/h5-11,22H,12-14H2,1-4H3. The second kappa shape index (κ2) is 7.47. The number of carbonyl (C=O) groups is 1. The number of hydrogen-bond acceptors (Lipinski definition) is 4. The molecule has 0 aliphatic carbocycles. The summed E-state index contributed by atoms with van der Waals surface area (Å²) in [5.74, 6) is 0. The third-order valence-electron chi connectivity index (χ3n) is 4.50. The zero-order valence-corrected chi connectivity index (χ0v) is 17.5. The number of benzene rings is 2. The molecule has 1 heterocycles. The minimum atomic E-state index is -3.71. The van der Waals surface area contributed by atoms with Gasteiger partial charge in [-0.15, -0.1) is 0 Å². The van der Waals surface area contributed by atoms with Gasteiger partial charge in [0.05, 0.1) is 17.1 Å². The SMILES string of the molecule is Cc1ccc(S(=O)(=O)Nc2cccc3c2CN(C(=O)OC(C)(C)C)CC3)cc1. The van der Waals surface area contributed by atoms with E-state index >= 15 is 0 Å². The Hall–Kier alpha value is -2.54. The van der Waals surface area contributed by atoms with Crippen molar-refractivity contribution in [3.05, 3.63) is 59.2 Å². The van der Waals surface area contributed by atoms with E-state index in [0.717, 1.165) is 16.7 Å². The zero-order chi connectivity index (χ0) is 20.5. The molecule has 0 radical (unpaired) electrons. The van der Waals surface area contributed by atoms with Gasteiger partial charge in [0.25, 0.3) is 10.0 Å². The Morgan fingerprint density at radius 1 is 1.11 bits per heavy atom. The quantitative estimate of drug-likeness (QED) is 0.839. The fourth-order valence-corrected chi connectivity index (χ4v) is 4.17. The largest absolute Gasteiger partial charge is 0.444 e. The van der Waals surface area contributed by atoms with Crippen molar-refractivity contribution >= 4 is 21.8 Å². The molecule has 0 saturated carbocycles. The molecule has 6 nitrogen and oxygen atoms in total. The van der Waals surface area contributed by atoms with E-state index in [0.29, 0.717) is 25.2 Å². The maximum Gasteiger partial charge on any atom is 0.410 e. The number of nitrogens with one attached hydrogen (secondary N) is 1. The molecule has 3 rings (SSSR count). The van der Waals surface area contributed by atoms with E-state index in [-0.39, 0.29) is 4.90 Å². The second-order valence-corrected chi connectivity index (χ2v) is 9.70. The van der Waals surface area contributed by atoms with Crippen LogP contribution in [0.5, 0.6) is 0 Å². The van der Waals surface area contributed by atoms with E-state index in [2.05, 4.69) is 4.72 Å². The monoisotopic (exact) mass is 402 g/mol. The first-order valence-electron chi connectivity index (χ1n) is 9.23. The number of ether oxygens (including phenoxy) is 1. The minimum Gasteiger partial charge on any atom is -0.444 e. The lowest BCUT2D eigenvalue weighted by molar-refractivity contribution is 0.0224. The van der Waals surface area contributed by atoms with Crippen LogP contribution in [0.4, 0.5) is 10.5 Å². The predicted molar refractivity (Wildman–Crippen MR) is 109 cm³/mol. The summed E-state index contributed by atoms with van der Waals surface area (Å²) in [4.78, 5) is 14.3. The van der Waals surface area contributed by atoms with Crippen molar-refractivity contribution in [3.8, 4) is 0 Å². The molecule has 1 N–H and O–H groups in total. The Labute approximate surface area is 166 Å². The first-order chi connectivity index (χ1) is 13.0. The normalized spacial score (nSPS) is 14.4. The Morgan fingerprint density at radius 2 is 1.79 bits per heavy atom. The van der Waals surface area contributed by atoms with Gasteiger partial charge in [0.1, 0.15) is 5.60 Å². The van der Waals surface area contributed by atoms with Crippen molar-refractivity contribution in [2.75, 3.05) is 11.3 Å². The van der Waals surface area contributed by atoms with Gasteiger partial charge in [-0.1, -0.05) is 29.8 Å². The molecular formula is C21H26N2O4S. The summed E-state index contributed by atoms with van der Waals surface area (Å²) in [7, 11) is -3.71. The number of carbonyl (C=O) groups excluding carboxylic acids is 1. The number of amides is 1. The average molecular weight is 403 g/mol. The van der Waals surface area contributed by atoms with Gasteiger partial charge in [0.15, 0.2) is 0 Å². The molecule has 0 spiro atoms. The number of rotatable bonds is 3. The maximum atomic E-state index is 12.8. The molecule has 0 bridgehead atoms. The van der Waals surface area contributed by atoms with Crippen molar-refractivity contribution < 1.29 is 17.9 Å². The highest BCUT2D eigenvalue weighted by atomic mass is 32.2. The molecule has 150 valence electrons. The number of sulfonamides is 1. The molecule has 1 amide bonds. The molecular weight excluding hydrogens is 376 g/mol. The van der Waals surface area contributed by atoms with E-state index in [1.165, 1.54) is 0 Å².